The summed E-state index contributed by atoms with van der Waals surface area (Å²) < 4.78 is 0. The first kappa shape index (κ1) is 7.09. The van der Waals surface area contributed by atoms with E-state index in [1.54, 1.807) is 12.1 Å². The van der Waals surface area contributed by atoms with Crippen molar-refractivity contribution in [2.75, 3.05) is 0 Å². The van der Waals surface area contributed by atoms with Crippen LogP contribution >= 0.6 is 0 Å². The summed E-state index contributed by atoms with van der Waals surface area (Å²) in [6.07, 6.45) is 0. The van der Waals surface area contributed by atoms with E-state index in [0.29, 0.717) is 5.69 Å². The van der Waals surface area contributed by atoms with Crippen molar-refractivity contribution in [3.05, 3.63) is 29.3 Å². The van der Waals surface area contributed by atoms with E-state index in [4.69, 9.17) is 10.8 Å². The number of hydrogen-bond acceptors (Lipinski definition) is 1. The lowest BCUT2D eigenvalue weighted by Gasteiger charge is -1.99. The fourth-order valence-electron chi connectivity index (χ4n) is 0.824. The number of benzene rings is 1. The van der Waals surface area contributed by atoms with Gasteiger partial charge in [-0.05, 0) is 24.1 Å². The van der Waals surface area contributed by atoms with Crippen LogP contribution in [-0.4, -0.2) is 5.11 Å². The number of nitrogens with one attached hydrogen (secondary N) is 1. The standard InChI is InChI=1S/C8H10NO/c1-6-4-7(5-10)2-3-8(6)9/h2-4,9-10H,5H2,1H3. The third-order valence-corrected chi connectivity index (χ3v) is 1.47. The Hall–Kier alpha value is -1.02. The highest BCUT2D eigenvalue weighted by Gasteiger charge is 1.94. The van der Waals surface area contributed by atoms with Crippen molar-refractivity contribution in [3.63, 3.8) is 0 Å². The molecule has 0 aliphatic rings. The van der Waals surface area contributed by atoms with Gasteiger partial charge in [-0.15, -0.1) is 0 Å². The van der Waals surface area contributed by atoms with E-state index in [0.717, 1.165) is 11.1 Å². The Morgan fingerprint density at radius 3 is 2.70 bits per heavy atom. The minimum absolute atomic E-state index is 0.0567. The summed E-state index contributed by atoms with van der Waals surface area (Å²) in [6, 6.07) is 5.28. The van der Waals surface area contributed by atoms with Gasteiger partial charge < -0.3 is 10.8 Å². The lowest BCUT2D eigenvalue weighted by atomic mass is 10.1. The monoisotopic (exact) mass is 136 g/mol. The summed E-state index contributed by atoms with van der Waals surface area (Å²) in [7, 11) is 0. The summed E-state index contributed by atoms with van der Waals surface area (Å²) in [5.74, 6) is 0. The van der Waals surface area contributed by atoms with Crippen molar-refractivity contribution in [2.45, 2.75) is 13.5 Å². The van der Waals surface area contributed by atoms with Crippen LogP contribution in [0.4, 0.5) is 5.69 Å². The minimum atomic E-state index is 0.0567. The van der Waals surface area contributed by atoms with Crippen molar-refractivity contribution in [1.82, 2.24) is 5.73 Å². The van der Waals surface area contributed by atoms with Crippen LogP contribution in [0.15, 0.2) is 18.2 Å². The molecule has 0 saturated carbocycles. The first-order chi connectivity index (χ1) is 4.74. The van der Waals surface area contributed by atoms with E-state index in [9.17, 15) is 0 Å². The summed E-state index contributed by atoms with van der Waals surface area (Å²) in [6.45, 7) is 1.92. The van der Waals surface area contributed by atoms with Crippen LogP contribution in [0.5, 0.6) is 0 Å². The summed E-state index contributed by atoms with van der Waals surface area (Å²) in [5, 5.41) is 8.69. The van der Waals surface area contributed by atoms with E-state index in [1.165, 1.54) is 0 Å². The molecule has 2 heteroatoms. The molecule has 1 rings (SSSR count). The van der Waals surface area contributed by atoms with E-state index < -0.39 is 0 Å². The number of rotatable bonds is 1. The highest BCUT2D eigenvalue weighted by atomic mass is 16.3. The highest BCUT2D eigenvalue weighted by molar-refractivity contribution is 5.44. The first-order valence-electron chi connectivity index (χ1n) is 3.16. The Labute approximate surface area is 60.3 Å². The largest absolute Gasteiger partial charge is 0.392 e. The smallest absolute Gasteiger partial charge is 0.0681 e. The molecule has 53 valence electrons. The van der Waals surface area contributed by atoms with Gasteiger partial charge in [-0.2, -0.15) is 0 Å². The number of hydrogen-bond donors (Lipinski definition) is 1. The van der Waals surface area contributed by atoms with Gasteiger partial charge in [0.1, 0.15) is 0 Å². The van der Waals surface area contributed by atoms with E-state index in [2.05, 4.69) is 0 Å². The van der Waals surface area contributed by atoms with Crippen LogP contribution < -0.4 is 5.73 Å². The molecule has 0 aliphatic heterocycles. The minimum Gasteiger partial charge on any atom is -0.392 e. The molecule has 0 bridgehead atoms. The van der Waals surface area contributed by atoms with Crippen molar-refractivity contribution in [3.8, 4) is 0 Å². The highest BCUT2D eigenvalue weighted by Crippen LogP contribution is 2.13. The zero-order valence-electron chi connectivity index (χ0n) is 5.89. The van der Waals surface area contributed by atoms with Gasteiger partial charge in [-0.25, -0.2) is 0 Å². The molecule has 0 saturated heterocycles. The quantitative estimate of drug-likeness (QED) is 0.623. The molecule has 0 atom stereocenters. The van der Waals surface area contributed by atoms with Gasteiger partial charge in [-0.3, -0.25) is 0 Å². The maximum atomic E-state index is 8.69. The molecule has 10 heavy (non-hydrogen) atoms. The van der Waals surface area contributed by atoms with E-state index in [-0.39, 0.29) is 6.61 Å². The lowest BCUT2D eigenvalue weighted by molar-refractivity contribution is 0.282. The maximum Gasteiger partial charge on any atom is 0.0681 e. The maximum absolute atomic E-state index is 8.69. The molecule has 1 aromatic rings. The van der Waals surface area contributed by atoms with Gasteiger partial charge in [0.2, 0.25) is 0 Å². The van der Waals surface area contributed by atoms with Crippen LogP contribution in [0.1, 0.15) is 11.1 Å². The molecule has 0 unspecified atom stereocenters. The van der Waals surface area contributed by atoms with Gasteiger partial charge in [0.15, 0.2) is 0 Å². The SMILES string of the molecule is Cc1cc(CO)ccc1[NH]. The molecular weight excluding hydrogens is 126 g/mol. The van der Waals surface area contributed by atoms with Gasteiger partial charge in [0.05, 0.1) is 12.3 Å². The fourth-order valence-corrected chi connectivity index (χ4v) is 0.824. The summed E-state index contributed by atoms with van der Waals surface area (Å²) >= 11 is 0. The molecule has 0 aliphatic carbocycles. The van der Waals surface area contributed by atoms with Crippen molar-refractivity contribution < 1.29 is 5.11 Å². The van der Waals surface area contributed by atoms with Gasteiger partial charge in [0, 0.05) is 0 Å². The predicted molar refractivity (Wildman–Crippen MR) is 39.9 cm³/mol. The third-order valence-electron chi connectivity index (χ3n) is 1.47. The molecule has 2 N–H and O–H groups in total. The third kappa shape index (κ3) is 1.28. The van der Waals surface area contributed by atoms with Crippen LogP contribution in [-0.2, 0) is 6.61 Å². The molecule has 1 aromatic carbocycles. The summed E-state index contributed by atoms with van der Waals surface area (Å²) in [5.41, 5.74) is 9.61. The fraction of sp³-hybridized carbons (Fsp3) is 0.250. The van der Waals surface area contributed by atoms with E-state index in [1.807, 2.05) is 13.0 Å². The second-order valence-electron chi connectivity index (χ2n) is 2.31. The Kier molecular flexibility index (Phi) is 1.92. The average Bonchev–Trinajstić information content (AvgIpc) is 1.95. The first-order valence-corrected chi connectivity index (χ1v) is 3.16. The molecule has 0 heterocycles. The lowest BCUT2D eigenvalue weighted by Crippen LogP contribution is -1.84. The molecule has 0 spiro atoms. The normalized spacial score (nSPS) is 9.80. The Bertz CT molecular complexity index is 233. The van der Waals surface area contributed by atoms with Crippen molar-refractivity contribution >= 4 is 5.69 Å². The zero-order valence-corrected chi connectivity index (χ0v) is 5.89. The molecular formula is C8H10NO. The average molecular weight is 136 g/mol. The van der Waals surface area contributed by atoms with Crippen molar-refractivity contribution in [1.29, 1.82) is 0 Å². The van der Waals surface area contributed by atoms with Crippen LogP contribution in [0, 0.1) is 6.92 Å². The molecule has 0 aromatic heterocycles. The predicted octanol–water partition coefficient (Wildman–Crippen LogP) is 1.40. The number of aliphatic hydroxyl groups excluding tert-OH is 1. The molecule has 1 radical (unpaired) electrons. The van der Waals surface area contributed by atoms with Crippen LogP contribution in [0.25, 0.3) is 0 Å². The van der Waals surface area contributed by atoms with Gasteiger partial charge >= 0.3 is 0 Å². The second-order valence-corrected chi connectivity index (χ2v) is 2.31. The topological polar surface area (TPSA) is 44.0 Å². The molecule has 0 fully saturated rings. The van der Waals surface area contributed by atoms with Crippen LogP contribution in [0.3, 0.4) is 0 Å². The van der Waals surface area contributed by atoms with E-state index >= 15 is 0 Å². The second kappa shape index (κ2) is 2.71. The zero-order chi connectivity index (χ0) is 7.56. The Balaban J connectivity index is 3.04. The number of aryl methyl sites for hydroxylation is 1. The number of aliphatic hydroxyl groups is 1. The van der Waals surface area contributed by atoms with Crippen LogP contribution in [0.2, 0.25) is 0 Å². The van der Waals surface area contributed by atoms with Gasteiger partial charge in [0.25, 0.3) is 0 Å². The molecule has 0 amide bonds. The van der Waals surface area contributed by atoms with Gasteiger partial charge in [-0.1, -0.05) is 12.1 Å². The Morgan fingerprint density at radius 2 is 2.20 bits per heavy atom. The summed E-state index contributed by atoms with van der Waals surface area (Å²) in [4.78, 5) is 0. The molecule has 2 nitrogen and oxygen atoms in total. The Morgan fingerprint density at radius 1 is 1.50 bits per heavy atom. The van der Waals surface area contributed by atoms with Crippen molar-refractivity contribution in [2.24, 2.45) is 0 Å².